The Morgan fingerprint density at radius 2 is 1.72 bits per heavy atom. The van der Waals surface area contributed by atoms with Crippen molar-refractivity contribution in [1.29, 1.82) is 0 Å². The number of aromatic nitrogens is 2. The Labute approximate surface area is 166 Å². The fourth-order valence-corrected chi connectivity index (χ4v) is 2.95. The van der Waals surface area contributed by atoms with Crippen molar-refractivity contribution in [2.75, 3.05) is 0 Å². The number of ether oxygens (including phenoxy) is 2. The van der Waals surface area contributed by atoms with E-state index in [1.807, 2.05) is 43.3 Å². The number of hydrogen-bond donors (Lipinski definition) is 1. The minimum absolute atomic E-state index is 0.137. The molecule has 0 saturated heterocycles. The van der Waals surface area contributed by atoms with Crippen molar-refractivity contribution >= 4 is 16.9 Å². The molecule has 0 aliphatic carbocycles. The molecule has 4 rings (SSSR count). The number of carbonyl (C=O) groups is 1. The number of esters is 1. The fourth-order valence-electron chi connectivity index (χ4n) is 2.95. The van der Waals surface area contributed by atoms with E-state index in [1.54, 1.807) is 36.4 Å². The maximum atomic E-state index is 12.4. The molecular weight excluding hydrogens is 368 g/mol. The van der Waals surface area contributed by atoms with Gasteiger partial charge < -0.3 is 14.5 Å². The highest BCUT2D eigenvalue weighted by Gasteiger charge is 2.11. The van der Waals surface area contributed by atoms with Gasteiger partial charge in [0.2, 0.25) is 0 Å². The predicted molar refractivity (Wildman–Crippen MR) is 109 cm³/mol. The predicted octanol–water partition coefficient (Wildman–Crippen LogP) is 4.38. The van der Waals surface area contributed by atoms with E-state index in [4.69, 9.17) is 9.47 Å². The van der Waals surface area contributed by atoms with E-state index < -0.39 is 5.97 Å². The minimum atomic E-state index is -0.531. The molecule has 0 radical (unpaired) electrons. The van der Waals surface area contributed by atoms with Crippen LogP contribution in [-0.2, 0) is 11.3 Å². The quantitative estimate of drug-likeness (QED) is 0.515. The monoisotopic (exact) mass is 386 g/mol. The fraction of sp³-hybridized carbons (Fsp3) is 0.0870. The molecule has 144 valence electrons. The van der Waals surface area contributed by atoms with Crippen LogP contribution in [0.25, 0.3) is 10.9 Å². The molecule has 0 atom stereocenters. The van der Waals surface area contributed by atoms with Gasteiger partial charge >= 0.3 is 5.97 Å². The van der Waals surface area contributed by atoms with Gasteiger partial charge in [0.15, 0.2) is 0 Å². The van der Waals surface area contributed by atoms with Crippen LogP contribution >= 0.6 is 0 Å². The standard InChI is InChI=1S/C23H18N2O4/c1-15-7-5-12-19-21(15)24-20(25-22(19)26)14-28-23(27)16-8-6-11-18(13-16)29-17-9-3-2-4-10-17/h2-13H,14H2,1H3,(H,24,25,26). The summed E-state index contributed by atoms with van der Waals surface area (Å²) in [5.41, 5.74) is 1.56. The van der Waals surface area contributed by atoms with E-state index >= 15 is 0 Å². The Hall–Kier alpha value is -3.93. The van der Waals surface area contributed by atoms with Gasteiger partial charge in [0.25, 0.3) is 5.56 Å². The van der Waals surface area contributed by atoms with Crippen LogP contribution in [-0.4, -0.2) is 15.9 Å². The molecule has 1 aromatic heterocycles. The van der Waals surface area contributed by atoms with Gasteiger partial charge in [0.1, 0.15) is 23.9 Å². The lowest BCUT2D eigenvalue weighted by molar-refractivity contribution is 0.0462. The van der Waals surface area contributed by atoms with Crippen molar-refractivity contribution in [3.63, 3.8) is 0 Å². The maximum Gasteiger partial charge on any atom is 0.338 e. The van der Waals surface area contributed by atoms with Crippen LogP contribution in [0.1, 0.15) is 21.7 Å². The molecule has 0 fully saturated rings. The molecule has 0 amide bonds. The van der Waals surface area contributed by atoms with Crippen molar-refractivity contribution < 1.29 is 14.3 Å². The number of nitrogens with zero attached hydrogens (tertiary/aromatic N) is 1. The van der Waals surface area contributed by atoms with Gasteiger partial charge in [-0.25, -0.2) is 9.78 Å². The van der Waals surface area contributed by atoms with Crippen molar-refractivity contribution in [3.05, 3.63) is 100 Å². The number of para-hydroxylation sites is 2. The highest BCUT2D eigenvalue weighted by atomic mass is 16.5. The first kappa shape index (κ1) is 18.4. The van der Waals surface area contributed by atoms with E-state index in [2.05, 4.69) is 9.97 Å². The normalized spacial score (nSPS) is 10.7. The summed E-state index contributed by atoms with van der Waals surface area (Å²) in [6.07, 6.45) is 0. The number of aromatic amines is 1. The van der Waals surface area contributed by atoms with Crippen LogP contribution in [0.15, 0.2) is 77.6 Å². The van der Waals surface area contributed by atoms with Crippen molar-refractivity contribution in [2.24, 2.45) is 0 Å². The van der Waals surface area contributed by atoms with Crippen molar-refractivity contribution in [2.45, 2.75) is 13.5 Å². The van der Waals surface area contributed by atoms with E-state index in [1.165, 1.54) is 0 Å². The third-order valence-electron chi connectivity index (χ3n) is 4.38. The second-order valence-corrected chi connectivity index (χ2v) is 6.50. The highest BCUT2D eigenvalue weighted by Crippen LogP contribution is 2.22. The minimum Gasteiger partial charge on any atom is -0.457 e. The van der Waals surface area contributed by atoms with Crippen molar-refractivity contribution in [1.82, 2.24) is 9.97 Å². The molecule has 29 heavy (non-hydrogen) atoms. The van der Waals surface area contributed by atoms with E-state index in [0.29, 0.717) is 33.8 Å². The number of carbonyl (C=O) groups excluding carboxylic acids is 1. The molecular formula is C23H18N2O4. The first-order chi connectivity index (χ1) is 14.1. The topological polar surface area (TPSA) is 81.3 Å². The molecule has 0 bridgehead atoms. The summed E-state index contributed by atoms with van der Waals surface area (Å²) in [4.78, 5) is 31.7. The van der Waals surface area contributed by atoms with Crippen molar-refractivity contribution in [3.8, 4) is 11.5 Å². The highest BCUT2D eigenvalue weighted by molar-refractivity contribution is 5.89. The summed E-state index contributed by atoms with van der Waals surface area (Å²) in [6.45, 7) is 1.74. The molecule has 3 aromatic carbocycles. The van der Waals surface area contributed by atoms with Crippen LogP contribution < -0.4 is 10.3 Å². The largest absolute Gasteiger partial charge is 0.457 e. The smallest absolute Gasteiger partial charge is 0.338 e. The Balaban J connectivity index is 1.49. The summed E-state index contributed by atoms with van der Waals surface area (Å²) >= 11 is 0. The molecule has 0 unspecified atom stereocenters. The number of benzene rings is 3. The summed E-state index contributed by atoms with van der Waals surface area (Å²) < 4.78 is 11.1. The summed E-state index contributed by atoms with van der Waals surface area (Å²) in [6, 6.07) is 21.4. The summed E-state index contributed by atoms with van der Waals surface area (Å²) in [5.74, 6) is 0.961. The molecule has 6 heteroatoms. The number of H-pyrrole nitrogens is 1. The lowest BCUT2D eigenvalue weighted by Gasteiger charge is -2.09. The molecule has 4 aromatic rings. The van der Waals surface area contributed by atoms with Gasteiger partial charge in [0.05, 0.1) is 16.5 Å². The average molecular weight is 386 g/mol. The molecule has 0 spiro atoms. The van der Waals surface area contributed by atoms with Gasteiger partial charge in [-0.2, -0.15) is 0 Å². The Morgan fingerprint density at radius 1 is 0.966 bits per heavy atom. The Bertz CT molecular complexity index is 1230. The molecule has 0 saturated carbocycles. The number of nitrogens with one attached hydrogen (secondary N) is 1. The number of fused-ring (bicyclic) bond motifs is 1. The zero-order valence-electron chi connectivity index (χ0n) is 15.7. The number of rotatable bonds is 5. The van der Waals surface area contributed by atoms with Gasteiger partial charge in [-0.1, -0.05) is 36.4 Å². The van der Waals surface area contributed by atoms with Crippen LogP contribution in [0.3, 0.4) is 0 Å². The first-order valence-electron chi connectivity index (χ1n) is 9.09. The number of hydrogen-bond acceptors (Lipinski definition) is 5. The molecule has 0 aliphatic heterocycles. The Morgan fingerprint density at radius 3 is 2.55 bits per heavy atom. The van der Waals surface area contributed by atoms with Gasteiger partial charge in [0, 0.05) is 0 Å². The third-order valence-corrected chi connectivity index (χ3v) is 4.38. The zero-order chi connectivity index (χ0) is 20.2. The lowest BCUT2D eigenvalue weighted by Crippen LogP contribution is -2.15. The SMILES string of the molecule is Cc1cccc2c(=O)[nH]c(COC(=O)c3cccc(Oc4ccccc4)c3)nc12. The van der Waals surface area contributed by atoms with Gasteiger partial charge in [-0.3, -0.25) is 4.79 Å². The average Bonchev–Trinajstić information content (AvgIpc) is 2.74. The first-order valence-corrected chi connectivity index (χ1v) is 9.09. The molecule has 1 N–H and O–H groups in total. The third kappa shape index (κ3) is 4.16. The van der Waals surface area contributed by atoms with Gasteiger partial charge in [-0.05, 0) is 48.9 Å². The zero-order valence-corrected chi connectivity index (χ0v) is 15.7. The van der Waals surface area contributed by atoms with Crippen LogP contribution in [0, 0.1) is 6.92 Å². The lowest BCUT2D eigenvalue weighted by atomic mass is 10.1. The maximum absolute atomic E-state index is 12.4. The Kier molecular flexibility index (Phi) is 5.07. The molecule has 0 aliphatic rings. The second kappa shape index (κ2) is 7.98. The van der Waals surface area contributed by atoms with E-state index in [9.17, 15) is 9.59 Å². The summed E-state index contributed by atoms with van der Waals surface area (Å²) in [5, 5.41) is 0.505. The van der Waals surface area contributed by atoms with E-state index in [0.717, 1.165) is 5.56 Å². The summed E-state index contributed by atoms with van der Waals surface area (Å²) in [7, 11) is 0. The van der Waals surface area contributed by atoms with Gasteiger partial charge in [-0.15, -0.1) is 0 Å². The van der Waals surface area contributed by atoms with Crippen LogP contribution in [0.4, 0.5) is 0 Å². The molecule has 6 nitrogen and oxygen atoms in total. The van der Waals surface area contributed by atoms with Crippen LogP contribution in [0.2, 0.25) is 0 Å². The van der Waals surface area contributed by atoms with E-state index in [-0.39, 0.29) is 12.2 Å². The van der Waals surface area contributed by atoms with Crippen LogP contribution in [0.5, 0.6) is 11.5 Å². The second-order valence-electron chi connectivity index (χ2n) is 6.50. The molecule has 1 heterocycles. The number of aryl methyl sites for hydroxylation is 1.